The molecule has 1 aliphatic heterocycles. The number of furan rings is 1. The number of nitrogens with zero attached hydrogens (tertiary/aromatic N) is 1. The van der Waals surface area contributed by atoms with Crippen molar-refractivity contribution >= 4 is 37.6 Å². The molecular formula is C17H20BrClN2O4S. The molecule has 0 bridgehead atoms. The minimum atomic E-state index is -3.74. The van der Waals surface area contributed by atoms with Crippen LogP contribution in [-0.4, -0.2) is 46.2 Å². The van der Waals surface area contributed by atoms with Crippen LogP contribution in [0.3, 0.4) is 0 Å². The van der Waals surface area contributed by atoms with Crippen molar-refractivity contribution in [2.24, 2.45) is 0 Å². The number of nitrogens with one attached hydrogen (secondary N) is 1. The first-order chi connectivity index (χ1) is 12.4. The van der Waals surface area contributed by atoms with E-state index in [2.05, 4.69) is 25.6 Å². The maximum Gasteiger partial charge on any atom is 0.242 e. The first-order valence-electron chi connectivity index (χ1n) is 8.19. The highest BCUT2D eigenvalue weighted by Gasteiger charge is 2.28. The second-order valence-corrected chi connectivity index (χ2v) is 9.10. The first kappa shape index (κ1) is 19.9. The van der Waals surface area contributed by atoms with Gasteiger partial charge in [0.2, 0.25) is 10.0 Å². The van der Waals surface area contributed by atoms with Crippen molar-refractivity contribution in [2.45, 2.75) is 17.9 Å². The zero-order valence-electron chi connectivity index (χ0n) is 14.2. The van der Waals surface area contributed by atoms with Crippen LogP contribution in [0.1, 0.15) is 17.6 Å². The van der Waals surface area contributed by atoms with E-state index in [1.807, 2.05) is 19.1 Å². The van der Waals surface area contributed by atoms with E-state index in [0.29, 0.717) is 26.3 Å². The van der Waals surface area contributed by atoms with Crippen LogP contribution in [0.2, 0.25) is 5.02 Å². The van der Waals surface area contributed by atoms with Crippen LogP contribution in [0.25, 0.3) is 0 Å². The molecule has 26 heavy (non-hydrogen) atoms. The maximum atomic E-state index is 12.7. The van der Waals surface area contributed by atoms with E-state index in [0.717, 1.165) is 16.0 Å². The van der Waals surface area contributed by atoms with Gasteiger partial charge in [-0.05, 0) is 37.3 Å². The predicted molar refractivity (Wildman–Crippen MR) is 103 cm³/mol. The van der Waals surface area contributed by atoms with Gasteiger partial charge in [-0.15, -0.1) is 0 Å². The van der Waals surface area contributed by atoms with Crippen LogP contribution >= 0.6 is 27.5 Å². The summed E-state index contributed by atoms with van der Waals surface area (Å²) in [7, 11) is -3.74. The Morgan fingerprint density at radius 3 is 2.62 bits per heavy atom. The van der Waals surface area contributed by atoms with Crippen LogP contribution < -0.4 is 4.72 Å². The normalized spacial score (nSPS) is 17.3. The van der Waals surface area contributed by atoms with Crippen LogP contribution in [0.4, 0.5) is 0 Å². The Hall–Kier alpha value is -0.900. The van der Waals surface area contributed by atoms with Crippen LogP contribution in [-0.2, 0) is 14.8 Å². The Bertz CT molecular complexity index is 865. The summed E-state index contributed by atoms with van der Waals surface area (Å²) in [5, 5.41) is 0.170. The Morgan fingerprint density at radius 2 is 2.00 bits per heavy atom. The van der Waals surface area contributed by atoms with Crippen molar-refractivity contribution in [3.05, 3.63) is 51.3 Å². The van der Waals surface area contributed by atoms with Crippen molar-refractivity contribution < 1.29 is 17.6 Å². The zero-order chi connectivity index (χ0) is 18.7. The number of aryl methyl sites for hydroxylation is 1. The summed E-state index contributed by atoms with van der Waals surface area (Å²) in [6, 6.07) is 8.24. The summed E-state index contributed by atoms with van der Waals surface area (Å²) in [5.74, 6) is 1.52. The van der Waals surface area contributed by atoms with E-state index in [-0.39, 0.29) is 22.5 Å². The molecule has 1 unspecified atom stereocenters. The molecule has 6 nitrogen and oxygen atoms in total. The van der Waals surface area contributed by atoms with Crippen LogP contribution in [0.5, 0.6) is 0 Å². The molecule has 1 saturated heterocycles. The summed E-state index contributed by atoms with van der Waals surface area (Å²) in [4.78, 5) is 2.21. The number of hydrogen-bond acceptors (Lipinski definition) is 5. The third-order valence-corrected chi connectivity index (χ3v) is 6.63. The van der Waals surface area contributed by atoms with Gasteiger partial charge in [0.05, 0.1) is 24.3 Å². The van der Waals surface area contributed by atoms with Gasteiger partial charge in [0.25, 0.3) is 0 Å². The van der Waals surface area contributed by atoms with Crippen molar-refractivity contribution in [1.29, 1.82) is 0 Å². The monoisotopic (exact) mass is 462 g/mol. The Kier molecular flexibility index (Phi) is 6.42. The fourth-order valence-corrected chi connectivity index (χ4v) is 4.96. The second-order valence-electron chi connectivity index (χ2n) is 6.04. The first-order valence-corrected chi connectivity index (χ1v) is 10.8. The molecule has 0 spiro atoms. The minimum Gasteiger partial charge on any atom is -0.465 e. The highest BCUT2D eigenvalue weighted by Crippen LogP contribution is 2.27. The summed E-state index contributed by atoms with van der Waals surface area (Å²) in [5.41, 5.74) is 0. The van der Waals surface area contributed by atoms with Gasteiger partial charge in [-0.25, -0.2) is 13.1 Å². The molecule has 0 radical (unpaired) electrons. The Labute approximate surface area is 166 Å². The molecule has 2 aromatic rings. The number of halogens is 2. The van der Waals surface area contributed by atoms with E-state index in [9.17, 15) is 8.42 Å². The fraction of sp³-hybridized carbons (Fsp3) is 0.412. The number of sulfonamides is 1. The lowest BCUT2D eigenvalue weighted by atomic mass is 10.2. The van der Waals surface area contributed by atoms with Gasteiger partial charge in [-0.3, -0.25) is 4.90 Å². The minimum absolute atomic E-state index is 0.0544. The summed E-state index contributed by atoms with van der Waals surface area (Å²) in [6.07, 6.45) is 0. The third-order valence-electron chi connectivity index (χ3n) is 4.23. The van der Waals surface area contributed by atoms with Gasteiger partial charge in [0.15, 0.2) is 0 Å². The molecule has 3 rings (SSSR count). The summed E-state index contributed by atoms with van der Waals surface area (Å²) >= 11 is 9.38. The van der Waals surface area contributed by atoms with E-state index in [1.165, 1.54) is 6.07 Å². The van der Waals surface area contributed by atoms with Crippen LogP contribution in [0, 0.1) is 6.92 Å². The lowest BCUT2D eigenvalue weighted by Crippen LogP contribution is -2.43. The lowest BCUT2D eigenvalue weighted by molar-refractivity contribution is 0.0127. The Morgan fingerprint density at radius 1 is 1.27 bits per heavy atom. The molecule has 1 fully saturated rings. The SMILES string of the molecule is Cc1ccc(C(CNS(=O)(=O)c2ccc(Br)cc2Cl)N2CCOCC2)o1. The maximum absolute atomic E-state index is 12.7. The van der Waals surface area contributed by atoms with Crippen molar-refractivity contribution in [1.82, 2.24) is 9.62 Å². The number of ether oxygens (including phenoxy) is 1. The van der Waals surface area contributed by atoms with E-state index in [4.69, 9.17) is 20.8 Å². The van der Waals surface area contributed by atoms with Gasteiger partial charge in [-0.1, -0.05) is 27.5 Å². The van der Waals surface area contributed by atoms with E-state index in [1.54, 1.807) is 12.1 Å². The van der Waals surface area contributed by atoms with Gasteiger partial charge in [-0.2, -0.15) is 0 Å². The number of hydrogen-bond donors (Lipinski definition) is 1. The standard InChI is InChI=1S/C17H20BrClN2O4S/c1-12-2-4-16(25-12)15(21-6-8-24-9-7-21)11-20-26(22,23)17-5-3-13(18)10-14(17)19/h2-5,10,15,20H,6-9,11H2,1H3. The molecule has 142 valence electrons. The number of rotatable bonds is 6. The summed E-state index contributed by atoms with van der Waals surface area (Å²) in [6.45, 7) is 4.70. The molecule has 1 aliphatic rings. The van der Waals surface area contributed by atoms with Crippen LogP contribution in [0.15, 0.2) is 44.1 Å². The highest BCUT2D eigenvalue weighted by molar-refractivity contribution is 9.10. The molecule has 0 amide bonds. The molecule has 9 heteroatoms. The molecule has 1 aromatic heterocycles. The Balaban J connectivity index is 1.80. The molecule has 0 saturated carbocycles. The highest BCUT2D eigenvalue weighted by atomic mass is 79.9. The smallest absolute Gasteiger partial charge is 0.242 e. The number of morpholine rings is 1. The molecule has 1 aromatic carbocycles. The van der Waals surface area contributed by atoms with Crippen molar-refractivity contribution in [3.8, 4) is 0 Å². The van der Waals surface area contributed by atoms with Crippen molar-refractivity contribution in [3.63, 3.8) is 0 Å². The predicted octanol–water partition coefficient (Wildman–Crippen LogP) is 3.36. The topological polar surface area (TPSA) is 71.8 Å². The van der Waals surface area contributed by atoms with Gasteiger partial charge in [0.1, 0.15) is 16.4 Å². The second kappa shape index (κ2) is 8.41. The third kappa shape index (κ3) is 4.68. The average Bonchev–Trinajstić information content (AvgIpc) is 3.02. The van der Waals surface area contributed by atoms with Gasteiger partial charge >= 0.3 is 0 Å². The largest absolute Gasteiger partial charge is 0.465 e. The molecular weight excluding hydrogens is 444 g/mol. The molecule has 2 heterocycles. The fourth-order valence-electron chi connectivity index (χ4n) is 2.89. The zero-order valence-corrected chi connectivity index (χ0v) is 17.4. The number of benzene rings is 1. The molecule has 1 N–H and O–H groups in total. The van der Waals surface area contributed by atoms with E-state index >= 15 is 0 Å². The molecule has 1 atom stereocenters. The average molecular weight is 464 g/mol. The lowest BCUT2D eigenvalue weighted by Gasteiger charge is -2.33. The van der Waals surface area contributed by atoms with Crippen molar-refractivity contribution in [2.75, 3.05) is 32.8 Å². The summed E-state index contributed by atoms with van der Waals surface area (Å²) < 4.78 is 40.0. The van der Waals surface area contributed by atoms with E-state index < -0.39 is 10.0 Å². The van der Waals surface area contributed by atoms with Gasteiger partial charge < -0.3 is 9.15 Å². The quantitative estimate of drug-likeness (QED) is 0.711. The molecule has 0 aliphatic carbocycles. The van der Waals surface area contributed by atoms with Gasteiger partial charge in [0, 0.05) is 24.1 Å².